The van der Waals surface area contributed by atoms with Crippen molar-refractivity contribution in [2.75, 3.05) is 25.4 Å². The fraction of sp³-hybridized carbons (Fsp3) is 0.435. The standard InChI is InChI=1S/C23H30N2O3S2/c1-18-7-6-8-20(15-18)17-29-14-11-24-23(26)22-16-21(10-9-19(22)2)30(27,28)25-12-4-3-5-13-25/h6-10,15-16H,3-5,11-14,17H2,1-2H3,(H,24,26). The van der Waals surface area contributed by atoms with E-state index in [0.717, 1.165) is 36.3 Å². The maximum absolute atomic E-state index is 12.9. The van der Waals surface area contributed by atoms with Gasteiger partial charge in [-0.2, -0.15) is 16.1 Å². The van der Waals surface area contributed by atoms with Gasteiger partial charge in [0.1, 0.15) is 0 Å². The summed E-state index contributed by atoms with van der Waals surface area (Å²) >= 11 is 1.77. The molecule has 1 amide bonds. The first-order chi connectivity index (χ1) is 14.4. The van der Waals surface area contributed by atoms with Crippen LogP contribution >= 0.6 is 11.8 Å². The average molecular weight is 447 g/mol. The van der Waals surface area contributed by atoms with Crippen molar-refractivity contribution in [3.05, 3.63) is 64.7 Å². The van der Waals surface area contributed by atoms with Gasteiger partial charge in [-0.05, 0) is 49.9 Å². The molecule has 1 fully saturated rings. The number of amides is 1. The monoisotopic (exact) mass is 446 g/mol. The van der Waals surface area contributed by atoms with Crippen LogP contribution in [0.1, 0.15) is 46.3 Å². The van der Waals surface area contributed by atoms with Crippen LogP contribution in [0.25, 0.3) is 0 Å². The summed E-state index contributed by atoms with van der Waals surface area (Å²) in [6, 6.07) is 13.3. The van der Waals surface area contributed by atoms with Crippen molar-refractivity contribution in [1.29, 1.82) is 0 Å². The van der Waals surface area contributed by atoms with Gasteiger partial charge in [-0.3, -0.25) is 4.79 Å². The molecule has 7 heteroatoms. The summed E-state index contributed by atoms with van der Waals surface area (Å²) in [5.41, 5.74) is 3.73. The van der Waals surface area contributed by atoms with Gasteiger partial charge in [-0.25, -0.2) is 8.42 Å². The van der Waals surface area contributed by atoms with Crippen LogP contribution in [0.2, 0.25) is 0 Å². The third-order valence-electron chi connectivity index (χ3n) is 5.29. The summed E-state index contributed by atoms with van der Waals surface area (Å²) in [6.07, 6.45) is 2.84. The van der Waals surface area contributed by atoms with Gasteiger partial charge in [-0.15, -0.1) is 0 Å². The molecule has 0 spiro atoms. The molecule has 3 rings (SSSR count). The van der Waals surface area contributed by atoms with Crippen LogP contribution in [0.15, 0.2) is 47.4 Å². The van der Waals surface area contributed by atoms with E-state index in [1.54, 1.807) is 23.9 Å². The number of piperidine rings is 1. The second-order valence-electron chi connectivity index (χ2n) is 7.74. The molecule has 0 bridgehead atoms. The molecule has 2 aromatic rings. The summed E-state index contributed by atoms with van der Waals surface area (Å²) in [7, 11) is -3.55. The van der Waals surface area contributed by atoms with Crippen LogP contribution in [-0.2, 0) is 15.8 Å². The number of hydrogen-bond donors (Lipinski definition) is 1. The highest BCUT2D eigenvalue weighted by Crippen LogP contribution is 2.23. The maximum Gasteiger partial charge on any atom is 0.251 e. The predicted octanol–water partition coefficient (Wildman–Crippen LogP) is 4.14. The first kappa shape index (κ1) is 22.8. The topological polar surface area (TPSA) is 66.5 Å². The summed E-state index contributed by atoms with van der Waals surface area (Å²) in [6.45, 7) is 5.55. The Kier molecular flexibility index (Phi) is 7.97. The molecule has 0 radical (unpaired) electrons. The lowest BCUT2D eigenvalue weighted by Crippen LogP contribution is -2.35. The van der Waals surface area contributed by atoms with Crippen molar-refractivity contribution in [2.24, 2.45) is 0 Å². The number of benzene rings is 2. The molecular weight excluding hydrogens is 416 g/mol. The van der Waals surface area contributed by atoms with Gasteiger partial charge < -0.3 is 5.32 Å². The molecule has 0 unspecified atom stereocenters. The van der Waals surface area contributed by atoms with Crippen LogP contribution in [0.4, 0.5) is 0 Å². The highest BCUT2D eigenvalue weighted by Gasteiger charge is 2.27. The van der Waals surface area contributed by atoms with Crippen molar-refractivity contribution in [2.45, 2.75) is 43.8 Å². The zero-order valence-corrected chi connectivity index (χ0v) is 19.3. The minimum absolute atomic E-state index is 0.203. The maximum atomic E-state index is 12.9. The predicted molar refractivity (Wildman–Crippen MR) is 123 cm³/mol. The quantitative estimate of drug-likeness (QED) is 0.619. The zero-order valence-electron chi connectivity index (χ0n) is 17.7. The smallest absolute Gasteiger partial charge is 0.251 e. The Morgan fingerprint density at radius 2 is 1.83 bits per heavy atom. The molecule has 5 nitrogen and oxygen atoms in total. The highest BCUT2D eigenvalue weighted by molar-refractivity contribution is 7.98. The van der Waals surface area contributed by atoms with Crippen LogP contribution in [0, 0.1) is 13.8 Å². The average Bonchev–Trinajstić information content (AvgIpc) is 2.74. The largest absolute Gasteiger partial charge is 0.351 e. The number of carbonyl (C=O) groups is 1. The number of rotatable bonds is 8. The Morgan fingerprint density at radius 3 is 2.57 bits per heavy atom. The molecule has 0 atom stereocenters. The van der Waals surface area contributed by atoms with Crippen LogP contribution < -0.4 is 5.32 Å². The van der Waals surface area contributed by atoms with Crippen molar-refractivity contribution in [3.63, 3.8) is 0 Å². The molecule has 30 heavy (non-hydrogen) atoms. The van der Waals surface area contributed by atoms with E-state index < -0.39 is 10.0 Å². The second-order valence-corrected chi connectivity index (χ2v) is 10.8. The normalized spacial score (nSPS) is 15.1. The fourth-order valence-corrected chi connectivity index (χ4v) is 5.93. The van der Waals surface area contributed by atoms with Gasteiger partial charge in [0.05, 0.1) is 4.90 Å². The number of thioether (sulfide) groups is 1. The summed E-state index contributed by atoms with van der Waals surface area (Å²) < 4.78 is 27.4. The van der Waals surface area contributed by atoms with Crippen LogP contribution in [-0.4, -0.2) is 44.0 Å². The molecule has 1 N–H and O–H groups in total. The van der Waals surface area contributed by atoms with Crippen molar-refractivity contribution >= 4 is 27.7 Å². The molecule has 1 heterocycles. The molecule has 0 saturated carbocycles. The lowest BCUT2D eigenvalue weighted by molar-refractivity contribution is 0.0955. The Labute approximate surface area is 184 Å². The van der Waals surface area contributed by atoms with E-state index in [-0.39, 0.29) is 10.8 Å². The lowest BCUT2D eigenvalue weighted by Gasteiger charge is -2.26. The van der Waals surface area contributed by atoms with E-state index in [9.17, 15) is 13.2 Å². The molecule has 162 valence electrons. The zero-order chi connectivity index (χ0) is 21.6. The van der Waals surface area contributed by atoms with Crippen molar-refractivity contribution < 1.29 is 13.2 Å². The van der Waals surface area contributed by atoms with Gasteiger partial charge in [0.2, 0.25) is 10.0 Å². The summed E-state index contributed by atoms with van der Waals surface area (Å²) in [4.78, 5) is 12.9. The number of nitrogens with zero attached hydrogens (tertiary/aromatic N) is 1. The minimum Gasteiger partial charge on any atom is -0.351 e. The number of nitrogens with one attached hydrogen (secondary N) is 1. The summed E-state index contributed by atoms with van der Waals surface area (Å²) in [5.74, 6) is 1.48. The lowest BCUT2D eigenvalue weighted by atomic mass is 10.1. The SMILES string of the molecule is Cc1cccc(CSCCNC(=O)c2cc(S(=O)(=O)N3CCCCC3)ccc2C)c1. The van der Waals surface area contributed by atoms with E-state index in [1.165, 1.54) is 21.5 Å². The minimum atomic E-state index is -3.55. The molecule has 2 aromatic carbocycles. The third kappa shape index (κ3) is 5.86. The van der Waals surface area contributed by atoms with Crippen LogP contribution in [0.3, 0.4) is 0 Å². The Bertz CT molecular complexity index is 984. The highest BCUT2D eigenvalue weighted by atomic mass is 32.2. The van der Waals surface area contributed by atoms with Gasteiger partial charge >= 0.3 is 0 Å². The van der Waals surface area contributed by atoms with Crippen LogP contribution in [0.5, 0.6) is 0 Å². The molecule has 1 aliphatic heterocycles. The molecule has 1 saturated heterocycles. The number of hydrogen-bond acceptors (Lipinski definition) is 4. The first-order valence-electron chi connectivity index (χ1n) is 10.4. The fourth-order valence-electron chi connectivity index (χ4n) is 3.58. The first-order valence-corrected chi connectivity index (χ1v) is 13.0. The summed E-state index contributed by atoms with van der Waals surface area (Å²) in [5, 5.41) is 2.93. The van der Waals surface area contributed by atoms with E-state index in [0.29, 0.717) is 25.2 Å². The van der Waals surface area contributed by atoms with E-state index >= 15 is 0 Å². The Morgan fingerprint density at radius 1 is 1.07 bits per heavy atom. The van der Waals surface area contributed by atoms with Gasteiger partial charge in [0.25, 0.3) is 5.91 Å². The van der Waals surface area contributed by atoms with E-state index in [1.807, 2.05) is 6.92 Å². The van der Waals surface area contributed by atoms with Gasteiger partial charge in [0, 0.05) is 36.7 Å². The number of carbonyl (C=O) groups excluding carboxylic acids is 1. The number of sulfonamides is 1. The van der Waals surface area contributed by atoms with Gasteiger partial charge in [-0.1, -0.05) is 42.3 Å². The Hall–Kier alpha value is -1.83. The van der Waals surface area contributed by atoms with Crippen molar-refractivity contribution in [3.8, 4) is 0 Å². The molecule has 0 aliphatic carbocycles. The Balaban J connectivity index is 1.57. The second kappa shape index (κ2) is 10.5. The van der Waals surface area contributed by atoms with Crippen molar-refractivity contribution in [1.82, 2.24) is 9.62 Å². The number of aryl methyl sites for hydroxylation is 2. The molecule has 1 aliphatic rings. The molecular formula is C23H30N2O3S2. The van der Waals surface area contributed by atoms with E-state index in [2.05, 4.69) is 36.5 Å². The van der Waals surface area contributed by atoms with Gasteiger partial charge in [0.15, 0.2) is 0 Å². The molecule has 0 aromatic heterocycles. The van der Waals surface area contributed by atoms with E-state index in [4.69, 9.17) is 0 Å². The third-order valence-corrected chi connectivity index (χ3v) is 8.21.